The lowest BCUT2D eigenvalue weighted by Crippen LogP contribution is -2.30. The maximum absolute atomic E-state index is 13.6. The number of nitrogens with zero attached hydrogens (tertiary/aromatic N) is 2. The Bertz CT molecular complexity index is 2940. The Morgan fingerprint density at radius 2 is 1.05 bits per heavy atom. The fraction of sp³-hybridized carbons (Fsp3) is 0.304. The second-order valence-electron chi connectivity index (χ2n) is 17.4. The lowest BCUT2D eigenvalue weighted by Gasteiger charge is -2.26. The standard InChI is InChI=1S/C56H55N3O17S/c1-4-49(60)71-32-68-41-20-22-42(23-21-41)74-53(64)37-16-18-39(19-17-37)55(66)76-45-25-11-35(29-40(45)31-57-59-56-58-44-9-7-8-10-48(44)77-56)27-28-67-52(63)36-12-14-38(15-13-36)54(65)75-43-24-26-46(69-33-72-50(61)5-2)47(30-43)70-34-73-51(62)6-3/h4-11,20-26,29-31,36-39H,1-3,12-19,27-28,32-34H2,(H,58,59)/b57-31+. The summed E-state index contributed by atoms with van der Waals surface area (Å²) in [5, 5.41) is 4.98. The van der Waals surface area contributed by atoms with Crippen LogP contribution in [0.3, 0.4) is 0 Å². The minimum absolute atomic E-state index is 0.0323. The number of benzene rings is 4. The molecule has 2 aliphatic rings. The molecule has 1 aromatic heterocycles. The van der Waals surface area contributed by atoms with Crippen LogP contribution in [0.4, 0.5) is 5.13 Å². The average molecular weight is 1070 g/mol. The summed E-state index contributed by atoms with van der Waals surface area (Å²) >= 11 is 1.43. The number of ether oxygens (including phenoxy) is 10. The molecule has 0 amide bonds. The molecule has 20 nitrogen and oxygen atoms in total. The Morgan fingerprint density at radius 3 is 1.65 bits per heavy atom. The van der Waals surface area contributed by atoms with Gasteiger partial charge in [-0.25, -0.2) is 19.4 Å². The molecule has 2 saturated carbocycles. The molecule has 1 N–H and O–H groups in total. The first-order chi connectivity index (χ1) is 37.4. The molecule has 4 aromatic carbocycles. The first kappa shape index (κ1) is 55.9. The van der Waals surface area contributed by atoms with Gasteiger partial charge in [0.05, 0.1) is 46.7 Å². The van der Waals surface area contributed by atoms with Crippen molar-refractivity contribution in [1.29, 1.82) is 0 Å². The van der Waals surface area contributed by atoms with Gasteiger partial charge in [0, 0.05) is 36.3 Å². The van der Waals surface area contributed by atoms with Gasteiger partial charge in [-0.15, -0.1) is 0 Å². The van der Waals surface area contributed by atoms with Crippen LogP contribution >= 0.6 is 11.3 Å². The number of thiazole rings is 1. The van der Waals surface area contributed by atoms with Crippen LogP contribution in [0.1, 0.15) is 62.5 Å². The Balaban J connectivity index is 0.895. The molecule has 0 atom stereocenters. The molecule has 0 aliphatic heterocycles. The third-order valence-electron chi connectivity index (χ3n) is 12.3. The SMILES string of the molecule is C=CC(=O)OCOc1ccc(OC(=O)C2CCC(C(=O)Oc3ccc(CCOC(=O)C4CCC(C(=O)Oc5ccc(OCOC(=O)C=C)c(OCOC(=O)C=C)c5)CC4)cc3/C=N/Nc3nc4ccccc4s3)CC2)cc1. The van der Waals surface area contributed by atoms with Crippen molar-refractivity contribution in [2.45, 2.75) is 57.8 Å². The number of rotatable bonds is 25. The van der Waals surface area contributed by atoms with Crippen molar-refractivity contribution in [3.63, 3.8) is 0 Å². The van der Waals surface area contributed by atoms with Crippen molar-refractivity contribution < 1.29 is 80.9 Å². The largest absolute Gasteiger partial charge is 0.465 e. The smallest absolute Gasteiger partial charge is 0.333 e. The van der Waals surface area contributed by atoms with Gasteiger partial charge in [-0.05, 0) is 118 Å². The zero-order chi connectivity index (χ0) is 54.5. The van der Waals surface area contributed by atoms with Gasteiger partial charge < -0.3 is 47.4 Å². The Labute approximate surface area is 446 Å². The van der Waals surface area contributed by atoms with Gasteiger partial charge in [0.1, 0.15) is 23.0 Å². The van der Waals surface area contributed by atoms with E-state index in [1.807, 2.05) is 24.3 Å². The van der Waals surface area contributed by atoms with E-state index in [1.54, 1.807) is 42.5 Å². The first-order valence-electron chi connectivity index (χ1n) is 24.5. The second-order valence-corrected chi connectivity index (χ2v) is 18.4. The maximum atomic E-state index is 13.6. The topological polar surface area (TPSA) is 249 Å². The lowest BCUT2D eigenvalue weighted by atomic mass is 9.82. The van der Waals surface area contributed by atoms with Gasteiger partial charge in [-0.2, -0.15) is 5.10 Å². The highest BCUT2D eigenvalue weighted by Crippen LogP contribution is 2.36. The molecule has 0 spiro atoms. The minimum atomic E-state index is -0.730. The monoisotopic (exact) mass is 1070 g/mol. The van der Waals surface area contributed by atoms with Crippen LogP contribution in [0, 0.1) is 23.7 Å². The predicted molar refractivity (Wildman–Crippen MR) is 278 cm³/mol. The molecule has 0 saturated heterocycles. The van der Waals surface area contributed by atoms with Crippen LogP contribution in [0.2, 0.25) is 0 Å². The summed E-state index contributed by atoms with van der Waals surface area (Å²) in [6.07, 6.45) is 8.04. The summed E-state index contributed by atoms with van der Waals surface area (Å²) in [6, 6.07) is 23.5. The summed E-state index contributed by atoms with van der Waals surface area (Å²) in [5.41, 5.74) is 5.05. The fourth-order valence-electron chi connectivity index (χ4n) is 8.15. The number of hydrogen-bond acceptors (Lipinski definition) is 21. The molecule has 0 bridgehead atoms. The summed E-state index contributed by atoms with van der Waals surface area (Å²) in [4.78, 5) is 92.0. The molecule has 1 heterocycles. The number of carbonyl (C=O) groups is 7. The number of para-hydroxylation sites is 1. The number of esters is 7. The Morgan fingerprint density at radius 1 is 0.545 bits per heavy atom. The molecular weight excluding hydrogens is 1020 g/mol. The van der Waals surface area contributed by atoms with Crippen LogP contribution in [-0.4, -0.2) is 80.0 Å². The Hall–Kier alpha value is -8.85. The third kappa shape index (κ3) is 16.8. The molecule has 0 radical (unpaired) electrons. The second kappa shape index (κ2) is 28.2. The van der Waals surface area contributed by atoms with E-state index >= 15 is 0 Å². The number of nitrogens with one attached hydrogen (secondary N) is 1. The van der Waals surface area contributed by atoms with Crippen molar-refractivity contribution in [2.24, 2.45) is 28.8 Å². The zero-order valence-electron chi connectivity index (χ0n) is 41.8. The Kier molecular flexibility index (Phi) is 20.4. The molecule has 5 aromatic rings. The minimum Gasteiger partial charge on any atom is -0.465 e. The normalized spacial score (nSPS) is 16.9. The van der Waals surface area contributed by atoms with Gasteiger partial charge in [0.15, 0.2) is 11.5 Å². The molecule has 7 rings (SSSR count). The predicted octanol–water partition coefficient (Wildman–Crippen LogP) is 8.75. The highest BCUT2D eigenvalue weighted by Gasteiger charge is 2.34. The van der Waals surface area contributed by atoms with Crippen molar-refractivity contribution in [3.05, 3.63) is 134 Å². The summed E-state index contributed by atoms with van der Waals surface area (Å²) in [7, 11) is 0. The average Bonchev–Trinajstić information content (AvgIpc) is 3.87. The van der Waals surface area contributed by atoms with Crippen LogP contribution in [-0.2, 0) is 58.9 Å². The zero-order valence-corrected chi connectivity index (χ0v) is 42.6. The van der Waals surface area contributed by atoms with Gasteiger partial charge in [0.2, 0.25) is 25.5 Å². The van der Waals surface area contributed by atoms with Crippen LogP contribution < -0.4 is 33.8 Å². The van der Waals surface area contributed by atoms with Crippen LogP contribution in [0.25, 0.3) is 10.2 Å². The molecule has 402 valence electrons. The third-order valence-corrected chi connectivity index (χ3v) is 13.2. The van der Waals surface area contributed by atoms with E-state index in [2.05, 4.69) is 35.2 Å². The van der Waals surface area contributed by atoms with Gasteiger partial charge >= 0.3 is 41.8 Å². The summed E-state index contributed by atoms with van der Waals surface area (Å²) in [5.74, 6) is -4.36. The molecule has 2 fully saturated rings. The molecule has 0 unspecified atom stereocenters. The van der Waals surface area contributed by atoms with Crippen molar-refractivity contribution in [1.82, 2.24) is 4.98 Å². The number of fused-ring (bicyclic) bond motifs is 1. The van der Waals surface area contributed by atoms with Crippen molar-refractivity contribution >= 4 is 74.7 Å². The molecule has 2 aliphatic carbocycles. The van der Waals surface area contributed by atoms with E-state index in [-0.39, 0.29) is 42.4 Å². The number of hydrogen-bond donors (Lipinski definition) is 1. The highest BCUT2D eigenvalue weighted by atomic mass is 32.1. The summed E-state index contributed by atoms with van der Waals surface area (Å²) < 4.78 is 54.8. The fourth-order valence-corrected chi connectivity index (χ4v) is 8.97. The van der Waals surface area contributed by atoms with E-state index in [9.17, 15) is 33.6 Å². The van der Waals surface area contributed by atoms with E-state index in [4.69, 9.17) is 47.4 Å². The molecule has 77 heavy (non-hydrogen) atoms. The van der Waals surface area contributed by atoms with Crippen LogP contribution in [0.5, 0.6) is 34.5 Å². The first-order valence-corrected chi connectivity index (χ1v) is 25.3. The van der Waals surface area contributed by atoms with Crippen LogP contribution in [0.15, 0.2) is 128 Å². The number of carbonyl (C=O) groups excluding carboxylic acids is 7. The maximum Gasteiger partial charge on any atom is 0.333 e. The molecule has 21 heteroatoms. The van der Waals surface area contributed by atoms with E-state index in [1.165, 1.54) is 35.8 Å². The number of hydrazone groups is 1. The van der Waals surface area contributed by atoms with Gasteiger partial charge in [0.25, 0.3) is 0 Å². The van der Waals surface area contributed by atoms with E-state index < -0.39 is 73.1 Å². The highest BCUT2D eigenvalue weighted by molar-refractivity contribution is 7.22. The van der Waals surface area contributed by atoms with Gasteiger partial charge in [-0.1, -0.05) is 49.3 Å². The quantitative estimate of drug-likeness (QED) is 0.0109. The number of aromatic nitrogens is 1. The van der Waals surface area contributed by atoms with Gasteiger partial charge in [-0.3, -0.25) is 24.6 Å². The van der Waals surface area contributed by atoms with E-state index in [0.717, 1.165) is 34.0 Å². The number of anilines is 1. The lowest BCUT2D eigenvalue weighted by molar-refractivity contribution is -0.152. The van der Waals surface area contributed by atoms with Crippen molar-refractivity contribution in [3.8, 4) is 34.5 Å². The molecular formula is C56H55N3O17S. The summed E-state index contributed by atoms with van der Waals surface area (Å²) in [6.45, 7) is 8.76. The van der Waals surface area contributed by atoms with Crippen molar-refractivity contribution in [2.75, 3.05) is 32.4 Å². The van der Waals surface area contributed by atoms with E-state index in [0.29, 0.717) is 80.0 Å².